The maximum absolute atomic E-state index is 9.16. The predicted molar refractivity (Wildman–Crippen MR) is 62.0 cm³/mol. The van der Waals surface area contributed by atoms with Crippen LogP contribution in [-0.4, -0.2) is 37.0 Å². The number of ether oxygens (including phenoxy) is 3. The molecule has 4 heteroatoms. The Hall–Kier alpha value is -0.600. The molecule has 0 aromatic carbocycles. The van der Waals surface area contributed by atoms with Gasteiger partial charge in [-0.3, -0.25) is 0 Å². The molecule has 0 aromatic heterocycles. The summed E-state index contributed by atoms with van der Waals surface area (Å²) in [6.07, 6.45) is 4.99. The molecule has 2 fully saturated rings. The van der Waals surface area contributed by atoms with Gasteiger partial charge in [0.15, 0.2) is 12.6 Å². The highest BCUT2D eigenvalue weighted by Gasteiger charge is 2.21. The van der Waals surface area contributed by atoms with Crippen molar-refractivity contribution in [2.24, 2.45) is 0 Å². The Balaban J connectivity index is 1.55. The van der Waals surface area contributed by atoms with E-state index in [-0.39, 0.29) is 12.4 Å². The minimum Gasteiger partial charge on any atom is -0.368 e. The number of aliphatic hydroxyl groups is 1. The van der Waals surface area contributed by atoms with Crippen molar-refractivity contribution in [2.45, 2.75) is 57.2 Å². The van der Waals surface area contributed by atoms with E-state index >= 15 is 0 Å². The van der Waals surface area contributed by atoms with Gasteiger partial charge in [0, 0.05) is 19.4 Å². The molecule has 0 unspecified atom stereocenters. The molecule has 0 radical (unpaired) electrons. The molecule has 1 N–H and O–H groups in total. The van der Waals surface area contributed by atoms with Crippen molar-refractivity contribution in [1.29, 1.82) is 0 Å². The third kappa shape index (κ3) is 4.64. The molecule has 4 nitrogen and oxygen atoms in total. The third-order valence-electron chi connectivity index (χ3n) is 3.02. The fraction of sp³-hybridized carbons (Fsp3) is 0.846. The highest BCUT2D eigenvalue weighted by atomic mass is 16.7. The van der Waals surface area contributed by atoms with E-state index < -0.39 is 6.29 Å². The minimum absolute atomic E-state index is 0.0670. The van der Waals surface area contributed by atoms with E-state index in [0.717, 1.165) is 32.3 Å². The maximum Gasteiger partial charge on any atom is 0.158 e. The van der Waals surface area contributed by atoms with E-state index in [1.807, 2.05) is 0 Å². The van der Waals surface area contributed by atoms with E-state index in [2.05, 4.69) is 11.8 Å². The Morgan fingerprint density at radius 1 is 1.18 bits per heavy atom. The predicted octanol–water partition coefficient (Wildman–Crippen LogP) is 1.42. The van der Waals surface area contributed by atoms with E-state index in [4.69, 9.17) is 19.3 Å². The second-order valence-corrected chi connectivity index (χ2v) is 4.45. The van der Waals surface area contributed by atoms with Gasteiger partial charge in [-0.05, 0) is 25.7 Å². The molecule has 2 saturated heterocycles. The average molecular weight is 240 g/mol. The van der Waals surface area contributed by atoms with Crippen LogP contribution in [0.15, 0.2) is 0 Å². The molecule has 3 atom stereocenters. The highest BCUT2D eigenvalue weighted by Crippen LogP contribution is 2.19. The minimum atomic E-state index is -0.589. The fourth-order valence-corrected chi connectivity index (χ4v) is 2.05. The smallest absolute Gasteiger partial charge is 0.158 e. The molecule has 0 spiro atoms. The number of aliphatic hydroxyl groups excluding tert-OH is 1. The number of hydrogen-bond acceptors (Lipinski definition) is 4. The first-order valence-electron chi connectivity index (χ1n) is 6.37. The van der Waals surface area contributed by atoms with E-state index in [1.165, 1.54) is 6.42 Å². The summed E-state index contributed by atoms with van der Waals surface area (Å²) in [6.45, 7) is 1.21. The van der Waals surface area contributed by atoms with Crippen LogP contribution in [0.4, 0.5) is 0 Å². The summed E-state index contributed by atoms with van der Waals surface area (Å²) >= 11 is 0. The molecular weight excluding hydrogens is 220 g/mol. The Bertz CT molecular complexity index is 275. The maximum atomic E-state index is 9.16. The topological polar surface area (TPSA) is 47.9 Å². The number of rotatable bonds is 3. The summed E-state index contributed by atoms with van der Waals surface area (Å²) in [5, 5.41) is 9.16. The second-order valence-electron chi connectivity index (χ2n) is 4.45. The van der Waals surface area contributed by atoms with Gasteiger partial charge in [-0.15, -0.1) is 0 Å². The summed E-state index contributed by atoms with van der Waals surface area (Å²) in [4.78, 5) is 0. The van der Waals surface area contributed by atoms with Crippen LogP contribution in [0, 0.1) is 11.8 Å². The van der Waals surface area contributed by atoms with Gasteiger partial charge >= 0.3 is 0 Å². The first-order chi connectivity index (χ1) is 8.34. The van der Waals surface area contributed by atoms with Crippen LogP contribution in [0.2, 0.25) is 0 Å². The van der Waals surface area contributed by atoms with Gasteiger partial charge in [0.1, 0.15) is 6.61 Å². The average Bonchev–Trinajstić information content (AvgIpc) is 2.76. The molecule has 2 aliphatic rings. The van der Waals surface area contributed by atoms with Crippen LogP contribution in [-0.2, 0) is 14.2 Å². The van der Waals surface area contributed by atoms with Crippen molar-refractivity contribution in [3.05, 3.63) is 0 Å². The van der Waals surface area contributed by atoms with E-state index in [9.17, 15) is 0 Å². The third-order valence-corrected chi connectivity index (χ3v) is 3.02. The summed E-state index contributed by atoms with van der Waals surface area (Å²) in [5.41, 5.74) is 0. The first-order valence-corrected chi connectivity index (χ1v) is 6.37. The molecular formula is C13H20O4. The highest BCUT2D eigenvalue weighted by molar-refractivity contribution is 5.01. The Morgan fingerprint density at radius 2 is 2.12 bits per heavy atom. The summed E-state index contributed by atoms with van der Waals surface area (Å²) in [5.74, 6) is 5.98. The van der Waals surface area contributed by atoms with Gasteiger partial charge in [0.05, 0.1) is 6.10 Å². The van der Waals surface area contributed by atoms with Crippen LogP contribution < -0.4 is 0 Å². The second kappa shape index (κ2) is 6.97. The van der Waals surface area contributed by atoms with Crippen molar-refractivity contribution in [3.8, 4) is 11.8 Å². The summed E-state index contributed by atoms with van der Waals surface area (Å²) in [6, 6.07) is 0. The largest absolute Gasteiger partial charge is 0.368 e. The van der Waals surface area contributed by atoms with E-state index in [0.29, 0.717) is 13.0 Å². The molecule has 17 heavy (non-hydrogen) atoms. The number of hydrogen-bond donors (Lipinski definition) is 1. The summed E-state index contributed by atoms with van der Waals surface area (Å²) in [7, 11) is 0. The lowest BCUT2D eigenvalue weighted by atomic mass is 10.2. The van der Waals surface area contributed by atoms with Crippen LogP contribution in [0.1, 0.15) is 38.5 Å². The van der Waals surface area contributed by atoms with Gasteiger partial charge in [0.2, 0.25) is 0 Å². The molecule has 0 saturated carbocycles. The zero-order valence-corrected chi connectivity index (χ0v) is 10.1. The molecule has 0 aliphatic carbocycles. The molecule has 0 bridgehead atoms. The van der Waals surface area contributed by atoms with Crippen LogP contribution in [0.25, 0.3) is 0 Å². The van der Waals surface area contributed by atoms with Gasteiger partial charge in [-0.2, -0.15) is 0 Å². The molecule has 2 heterocycles. The van der Waals surface area contributed by atoms with Crippen molar-refractivity contribution in [2.75, 3.05) is 13.2 Å². The summed E-state index contributed by atoms with van der Waals surface area (Å²) < 4.78 is 16.2. The molecule has 96 valence electrons. The van der Waals surface area contributed by atoms with Crippen LogP contribution in [0.5, 0.6) is 0 Å². The van der Waals surface area contributed by atoms with Crippen LogP contribution in [0.3, 0.4) is 0 Å². The van der Waals surface area contributed by atoms with Gasteiger partial charge in [-0.1, -0.05) is 11.8 Å². The molecule has 2 rings (SSSR count). The normalized spacial score (nSPS) is 33.1. The molecule has 0 amide bonds. The lowest BCUT2D eigenvalue weighted by Gasteiger charge is -2.21. The SMILES string of the molecule is O[C@@H]1CC[C@@H](CC#CCO[C@@H]2CCCCO2)O1. The van der Waals surface area contributed by atoms with Crippen molar-refractivity contribution in [1.82, 2.24) is 0 Å². The standard InChI is InChI=1S/C13H20O4/c14-12-8-7-11(17-12)5-1-3-9-15-13-6-2-4-10-16-13/h11-14H,2,4-10H2/t11-,12+,13+/m1/s1. The fourth-order valence-electron chi connectivity index (χ4n) is 2.05. The van der Waals surface area contributed by atoms with Crippen molar-refractivity contribution < 1.29 is 19.3 Å². The quantitative estimate of drug-likeness (QED) is 0.758. The van der Waals surface area contributed by atoms with Crippen LogP contribution >= 0.6 is 0 Å². The van der Waals surface area contributed by atoms with Crippen molar-refractivity contribution in [3.63, 3.8) is 0 Å². The van der Waals surface area contributed by atoms with Gasteiger partial charge < -0.3 is 19.3 Å². The zero-order valence-electron chi connectivity index (χ0n) is 10.1. The molecule has 2 aliphatic heterocycles. The zero-order chi connectivity index (χ0) is 11.9. The Morgan fingerprint density at radius 3 is 2.82 bits per heavy atom. The lowest BCUT2D eigenvalue weighted by Crippen LogP contribution is -2.22. The Kier molecular flexibility index (Phi) is 5.27. The van der Waals surface area contributed by atoms with E-state index in [1.54, 1.807) is 0 Å². The monoisotopic (exact) mass is 240 g/mol. The van der Waals surface area contributed by atoms with Gasteiger partial charge in [-0.25, -0.2) is 0 Å². The lowest BCUT2D eigenvalue weighted by molar-refractivity contribution is -0.154. The first kappa shape index (κ1) is 12.8. The van der Waals surface area contributed by atoms with Gasteiger partial charge in [0.25, 0.3) is 0 Å². The Labute approximate surface area is 102 Å². The molecule has 0 aromatic rings. The van der Waals surface area contributed by atoms with Crippen molar-refractivity contribution >= 4 is 0 Å².